The monoisotopic (exact) mass is 457 g/mol. The third-order valence-corrected chi connectivity index (χ3v) is 5.74. The topological polar surface area (TPSA) is 95.2 Å². The molecule has 0 atom stereocenters. The minimum absolute atomic E-state index is 0.0119. The predicted octanol–water partition coefficient (Wildman–Crippen LogP) is 5.61. The molecule has 0 aliphatic heterocycles. The van der Waals surface area contributed by atoms with Gasteiger partial charge in [-0.3, -0.25) is 14.9 Å². The van der Waals surface area contributed by atoms with Crippen LogP contribution in [0.3, 0.4) is 0 Å². The highest BCUT2D eigenvalue weighted by Crippen LogP contribution is 2.24. The Bertz CT molecular complexity index is 1300. The number of rotatable bonds is 9. The number of carbonyl (C=O) groups is 1. The van der Waals surface area contributed by atoms with Gasteiger partial charge in [0.2, 0.25) is 0 Å². The fraction of sp³-hybridized carbons (Fsp3) is 0.0800. The summed E-state index contributed by atoms with van der Waals surface area (Å²) in [6.07, 6.45) is 4.64. The average molecular weight is 458 g/mol. The van der Waals surface area contributed by atoms with Crippen LogP contribution in [0.1, 0.15) is 15.9 Å². The number of hydrogen-bond acceptors (Lipinski definition) is 7. The van der Waals surface area contributed by atoms with Crippen LogP contribution in [-0.4, -0.2) is 33.0 Å². The number of nitro benzene ring substituents is 1. The number of non-ortho nitro benzene ring substituents is 1. The van der Waals surface area contributed by atoms with E-state index >= 15 is 0 Å². The van der Waals surface area contributed by atoms with Gasteiger partial charge in [-0.2, -0.15) is 0 Å². The van der Waals surface area contributed by atoms with Crippen LogP contribution in [0.15, 0.2) is 90.2 Å². The zero-order chi connectivity index (χ0) is 23.0. The second-order valence-electron chi connectivity index (χ2n) is 6.96. The van der Waals surface area contributed by atoms with E-state index in [4.69, 9.17) is 4.74 Å². The molecular weight excluding hydrogens is 438 g/mol. The second kappa shape index (κ2) is 10.5. The summed E-state index contributed by atoms with van der Waals surface area (Å²) in [4.78, 5) is 31.2. The van der Waals surface area contributed by atoms with Gasteiger partial charge < -0.3 is 4.74 Å². The fourth-order valence-corrected chi connectivity index (χ4v) is 3.89. The van der Waals surface area contributed by atoms with Crippen LogP contribution >= 0.6 is 11.8 Å². The molecule has 0 saturated carbocycles. The molecule has 3 aromatic carbocycles. The van der Waals surface area contributed by atoms with Gasteiger partial charge in [0, 0.05) is 28.8 Å². The van der Waals surface area contributed by atoms with Crippen molar-refractivity contribution in [3.8, 4) is 5.75 Å². The van der Waals surface area contributed by atoms with E-state index < -0.39 is 4.92 Å². The average Bonchev–Trinajstić information content (AvgIpc) is 2.86. The number of aromatic nitrogens is 2. The molecule has 0 unspecified atom stereocenters. The fourth-order valence-electron chi connectivity index (χ4n) is 3.08. The normalized spacial score (nSPS) is 11.0. The molecular formula is C25H19N3O4S. The smallest absolute Gasteiger partial charge is 0.269 e. The summed E-state index contributed by atoms with van der Waals surface area (Å²) in [5, 5.41) is 12.6. The zero-order valence-electron chi connectivity index (χ0n) is 17.5. The molecule has 4 rings (SSSR count). The van der Waals surface area contributed by atoms with Crippen LogP contribution < -0.4 is 4.74 Å². The molecule has 0 aliphatic rings. The Morgan fingerprint density at radius 3 is 2.52 bits per heavy atom. The molecule has 0 spiro atoms. The van der Waals surface area contributed by atoms with Crippen molar-refractivity contribution < 1.29 is 14.5 Å². The van der Waals surface area contributed by atoms with Crippen molar-refractivity contribution in [3.05, 3.63) is 106 Å². The number of thioether (sulfide) groups is 1. The molecule has 33 heavy (non-hydrogen) atoms. The summed E-state index contributed by atoms with van der Waals surface area (Å²) in [5.41, 5.74) is 2.17. The third-order valence-electron chi connectivity index (χ3n) is 4.77. The van der Waals surface area contributed by atoms with Crippen molar-refractivity contribution in [1.82, 2.24) is 9.97 Å². The standard InChI is InChI=1S/C25H19N3O4S/c29-24(14-7-18-5-10-20(11-6-18)28(30)31)19-8-12-21(13-9-19)32-15-16-33-25-22-3-1-2-4-23(22)26-17-27-25/h1-14,17H,15-16H2/b14-7+. The maximum Gasteiger partial charge on any atom is 0.269 e. The van der Waals surface area contributed by atoms with E-state index in [-0.39, 0.29) is 11.5 Å². The first kappa shape index (κ1) is 22.2. The number of allylic oxidation sites excluding steroid dienone is 1. The van der Waals surface area contributed by atoms with Crippen molar-refractivity contribution in [2.75, 3.05) is 12.4 Å². The molecule has 164 valence electrons. The number of hydrogen-bond donors (Lipinski definition) is 0. The van der Waals surface area contributed by atoms with Gasteiger partial charge in [-0.05, 0) is 54.1 Å². The van der Waals surface area contributed by atoms with Gasteiger partial charge in [0.25, 0.3) is 5.69 Å². The zero-order valence-corrected chi connectivity index (χ0v) is 18.3. The number of ether oxygens (including phenoxy) is 1. The largest absolute Gasteiger partial charge is 0.493 e. The third kappa shape index (κ3) is 5.81. The molecule has 1 heterocycles. The van der Waals surface area contributed by atoms with Crippen LogP contribution in [0.5, 0.6) is 5.75 Å². The minimum atomic E-state index is -0.459. The van der Waals surface area contributed by atoms with E-state index in [1.165, 1.54) is 18.2 Å². The van der Waals surface area contributed by atoms with Gasteiger partial charge >= 0.3 is 0 Å². The number of para-hydroxylation sites is 1. The predicted molar refractivity (Wildman–Crippen MR) is 129 cm³/mol. The van der Waals surface area contributed by atoms with Gasteiger partial charge in [-0.25, -0.2) is 9.97 Å². The van der Waals surface area contributed by atoms with Crippen LogP contribution in [0.4, 0.5) is 5.69 Å². The lowest BCUT2D eigenvalue weighted by atomic mass is 10.1. The van der Waals surface area contributed by atoms with Crippen molar-refractivity contribution in [2.24, 2.45) is 0 Å². The van der Waals surface area contributed by atoms with Crippen molar-refractivity contribution in [2.45, 2.75) is 5.03 Å². The summed E-state index contributed by atoms with van der Waals surface area (Å²) < 4.78 is 5.79. The first-order valence-electron chi connectivity index (χ1n) is 10.1. The van der Waals surface area contributed by atoms with Gasteiger partial charge in [0.1, 0.15) is 17.1 Å². The summed E-state index contributed by atoms with van der Waals surface area (Å²) >= 11 is 1.61. The van der Waals surface area contributed by atoms with Crippen molar-refractivity contribution in [3.63, 3.8) is 0 Å². The highest BCUT2D eigenvalue weighted by atomic mass is 32.2. The Balaban J connectivity index is 1.28. The second-order valence-corrected chi connectivity index (χ2v) is 8.05. The number of ketones is 1. The van der Waals surface area contributed by atoms with Crippen LogP contribution in [-0.2, 0) is 0 Å². The van der Waals surface area contributed by atoms with Crippen molar-refractivity contribution >= 4 is 40.2 Å². The van der Waals surface area contributed by atoms with E-state index in [9.17, 15) is 14.9 Å². The first-order chi connectivity index (χ1) is 16.1. The summed E-state index contributed by atoms with van der Waals surface area (Å²) in [5.74, 6) is 1.24. The summed E-state index contributed by atoms with van der Waals surface area (Å²) in [7, 11) is 0. The van der Waals surface area contributed by atoms with E-state index in [0.29, 0.717) is 23.5 Å². The molecule has 1 aromatic heterocycles. The molecule has 8 heteroatoms. The van der Waals surface area contributed by atoms with Gasteiger partial charge in [-0.1, -0.05) is 24.3 Å². The van der Waals surface area contributed by atoms with Gasteiger partial charge in [0.05, 0.1) is 17.0 Å². The van der Waals surface area contributed by atoms with Gasteiger partial charge in [-0.15, -0.1) is 11.8 Å². The molecule has 0 N–H and O–H groups in total. The van der Waals surface area contributed by atoms with Gasteiger partial charge in [0.15, 0.2) is 5.78 Å². The van der Waals surface area contributed by atoms with E-state index in [1.807, 2.05) is 24.3 Å². The van der Waals surface area contributed by atoms with E-state index in [2.05, 4.69) is 9.97 Å². The quantitative estimate of drug-likeness (QED) is 0.0613. The first-order valence-corrected chi connectivity index (χ1v) is 11.1. The SMILES string of the molecule is O=C(/C=C/c1ccc([N+](=O)[O-])cc1)c1ccc(OCCSc2ncnc3ccccc23)cc1. The van der Waals surface area contributed by atoms with Crippen molar-refractivity contribution in [1.29, 1.82) is 0 Å². The Hall–Kier alpha value is -4.04. The number of nitro groups is 1. The number of carbonyl (C=O) groups excluding carboxylic acids is 1. The lowest BCUT2D eigenvalue weighted by Gasteiger charge is -2.07. The number of nitrogens with zero attached hydrogens (tertiary/aromatic N) is 3. The summed E-state index contributed by atoms with van der Waals surface area (Å²) in [6, 6.07) is 20.8. The number of fused-ring (bicyclic) bond motifs is 1. The Labute approximate surface area is 194 Å². The Morgan fingerprint density at radius 1 is 1.00 bits per heavy atom. The minimum Gasteiger partial charge on any atom is -0.493 e. The number of benzene rings is 3. The highest BCUT2D eigenvalue weighted by Gasteiger charge is 2.06. The molecule has 0 fully saturated rings. The Morgan fingerprint density at radius 2 is 1.76 bits per heavy atom. The van der Waals surface area contributed by atoms with E-state index in [1.54, 1.807) is 60.6 Å². The van der Waals surface area contributed by atoms with Crippen LogP contribution in [0, 0.1) is 10.1 Å². The molecule has 0 bridgehead atoms. The molecule has 0 radical (unpaired) electrons. The van der Waals surface area contributed by atoms with Crippen LogP contribution in [0.25, 0.3) is 17.0 Å². The Kier molecular flexibility index (Phi) is 7.06. The lowest BCUT2D eigenvalue weighted by Crippen LogP contribution is -2.01. The molecule has 0 saturated heterocycles. The van der Waals surface area contributed by atoms with Crippen LogP contribution in [0.2, 0.25) is 0 Å². The molecule has 4 aromatic rings. The van der Waals surface area contributed by atoms with E-state index in [0.717, 1.165) is 21.7 Å². The lowest BCUT2D eigenvalue weighted by molar-refractivity contribution is -0.384. The molecule has 0 aliphatic carbocycles. The molecule has 0 amide bonds. The molecule has 7 nitrogen and oxygen atoms in total. The maximum absolute atomic E-state index is 12.4. The summed E-state index contributed by atoms with van der Waals surface area (Å²) in [6.45, 7) is 0.496. The maximum atomic E-state index is 12.4. The highest BCUT2D eigenvalue weighted by molar-refractivity contribution is 7.99.